The number of aliphatic hydroxyl groups excluding tert-OH is 1. The van der Waals surface area contributed by atoms with Gasteiger partial charge in [-0.2, -0.15) is 9.78 Å². The van der Waals surface area contributed by atoms with Crippen molar-refractivity contribution in [1.29, 1.82) is 0 Å². The van der Waals surface area contributed by atoms with E-state index in [1.54, 1.807) is 31.2 Å². The highest BCUT2D eigenvalue weighted by Crippen LogP contribution is 2.21. The summed E-state index contributed by atoms with van der Waals surface area (Å²) in [6.07, 6.45) is 2.73. The van der Waals surface area contributed by atoms with Crippen LogP contribution in [0.2, 0.25) is 0 Å². The van der Waals surface area contributed by atoms with E-state index in [4.69, 9.17) is 12.2 Å². The Morgan fingerprint density at radius 1 is 1.42 bits per heavy atom. The lowest BCUT2D eigenvalue weighted by Gasteiger charge is -2.07. The van der Waals surface area contributed by atoms with Gasteiger partial charge >= 0.3 is 0 Å². The fourth-order valence-corrected chi connectivity index (χ4v) is 2.54. The number of benzene rings is 1. The second kappa shape index (κ2) is 6.34. The third-order valence-electron chi connectivity index (χ3n) is 3.61. The number of fused-ring (bicyclic) bond motifs is 1. The second-order valence-electron chi connectivity index (χ2n) is 5.13. The number of pyridine rings is 1. The summed E-state index contributed by atoms with van der Waals surface area (Å²) in [6, 6.07) is 6.97. The SMILES string of the molecule is Cc1ncc(CO)c(/C=N/n2c(=S)[nH]c3ccccc3c2=O)c1O. The van der Waals surface area contributed by atoms with Gasteiger partial charge in [-0.25, -0.2) is 0 Å². The number of aliphatic hydroxyl groups is 1. The zero-order valence-electron chi connectivity index (χ0n) is 12.7. The first kappa shape index (κ1) is 16.0. The summed E-state index contributed by atoms with van der Waals surface area (Å²) >= 11 is 5.17. The van der Waals surface area contributed by atoms with Crippen molar-refractivity contribution in [3.05, 3.63) is 62.4 Å². The normalized spacial score (nSPS) is 11.4. The maximum atomic E-state index is 12.5. The minimum atomic E-state index is -0.374. The molecule has 0 saturated heterocycles. The van der Waals surface area contributed by atoms with Crippen LogP contribution in [0.5, 0.6) is 5.75 Å². The van der Waals surface area contributed by atoms with Crippen molar-refractivity contribution in [2.24, 2.45) is 5.10 Å². The molecule has 0 aliphatic rings. The highest BCUT2D eigenvalue weighted by molar-refractivity contribution is 7.71. The number of hydrogen-bond donors (Lipinski definition) is 3. The maximum Gasteiger partial charge on any atom is 0.282 e. The molecule has 0 saturated carbocycles. The minimum Gasteiger partial charge on any atom is -0.505 e. The number of para-hydroxylation sites is 1. The van der Waals surface area contributed by atoms with Crippen molar-refractivity contribution >= 4 is 29.3 Å². The van der Waals surface area contributed by atoms with Crippen LogP contribution in [0, 0.1) is 11.7 Å². The van der Waals surface area contributed by atoms with Crippen molar-refractivity contribution in [2.75, 3.05) is 0 Å². The van der Waals surface area contributed by atoms with Crippen molar-refractivity contribution in [1.82, 2.24) is 14.6 Å². The van der Waals surface area contributed by atoms with E-state index < -0.39 is 0 Å². The van der Waals surface area contributed by atoms with Crippen LogP contribution in [0.3, 0.4) is 0 Å². The van der Waals surface area contributed by atoms with E-state index in [1.807, 2.05) is 0 Å². The van der Waals surface area contributed by atoms with Crippen LogP contribution in [0.4, 0.5) is 0 Å². The Kier molecular flexibility index (Phi) is 4.24. The quantitative estimate of drug-likeness (QED) is 0.498. The number of rotatable bonds is 3. The number of H-pyrrole nitrogens is 1. The van der Waals surface area contributed by atoms with Gasteiger partial charge in [-0.05, 0) is 31.3 Å². The number of aryl methyl sites for hydroxylation is 1. The fraction of sp³-hybridized carbons (Fsp3) is 0.125. The summed E-state index contributed by atoms with van der Waals surface area (Å²) in [5.41, 5.74) is 1.33. The molecule has 7 nitrogen and oxygen atoms in total. The molecule has 24 heavy (non-hydrogen) atoms. The molecule has 122 valence electrons. The van der Waals surface area contributed by atoms with E-state index >= 15 is 0 Å². The smallest absolute Gasteiger partial charge is 0.282 e. The Balaban J connectivity index is 2.18. The van der Waals surface area contributed by atoms with Gasteiger partial charge in [0.25, 0.3) is 5.56 Å². The molecular weight excluding hydrogens is 328 g/mol. The molecule has 3 N–H and O–H groups in total. The Labute approximate surface area is 141 Å². The van der Waals surface area contributed by atoms with E-state index in [-0.39, 0.29) is 22.7 Å². The predicted molar refractivity (Wildman–Crippen MR) is 92.9 cm³/mol. The van der Waals surface area contributed by atoms with Gasteiger partial charge in [-0.1, -0.05) is 12.1 Å². The molecule has 0 fully saturated rings. The van der Waals surface area contributed by atoms with Gasteiger partial charge in [0, 0.05) is 17.3 Å². The van der Waals surface area contributed by atoms with Gasteiger partial charge in [0.05, 0.1) is 29.4 Å². The molecule has 1 aromatic carbocycles. The summed E-state index contributed by atoms with van der Waals surface area (Å²) in [6.45, 7) is 1.31. The molecule has 0 atom stereocenters. The highest BCUT2D eigenvalue weighted by atomic mass is 32.1. The number of aromatic amines is 1. The molecule has 0 bridgehead atoms. The largest absolute Gasteiger partial charge is 0.505 e. The third-order valence-corrected chi connectivity index (χ3v) is 3.89. The standard InChI is InChI=1S/C16H14N4O3S/c1-9-14(22)12(10(8-21)6-17-9)7-18-20-15(23)11-4-2-3-5-13(11)19-16(20)24/h2-7,21-22H,8H2,1H3,(H,19,24)/b18-7+. The summed E-state index contributed by atoms with van der Waals surface area (Å²) in [7, 11) is 0. The number of aromatic nitrogens is 3. The van der Waals surface area contributed by atoms with Crippen LogP contribution in [0.1, 0.15) is 16.8 Å². The van der Waals surface area contributed by atoms with Crippen molar-refractivity contribution < 1.29 is 10.2 Å². The van der Waals surface area contributed by atoms with E-state index in [9.17, 15) is 15.0 Å². The van der Waals surface area contributed by atoms with Gasteiger partial charge in [0.2, 0.25) is 4.77 Å². The average molecular weight is 342 g/mol. The van der Waals surface area contributed by atoms with Crippen LogP contribution in [-0.4, -0.2) is 31.1 Å². The number of hydrogen-bond acceptors (Lipinski definition) is 6. The molecule has 0 amide bonds. The summed E-state index contributed by atoms with van der Waals surface area (Å²) in [5.74, 6) is -0.103. The van der Waals surface area contributed by atoms with Crippen molar-refractivity contribution in [2.45, 2.75) is 13.5 Å². The van der Waals surface area contributed by atoms with Crippen molar-refractivity contribution in [3.63, 3.8) is 0 Å². The second-order valence-corrected chi connectivity index (χ2v) is 5.51. The molecule has 0 aliphatic carbocycles. The van der Waals surface area contributed by atoms with Gasteiger partial charge < -0.3 is 15.2 Å². The third kappa shape index (κ3) is 2.72. The fourth-order valence-electron chi connectivity index (χ4n) is 2.30. The molecule has 0 unspecified atom stereocenters. The first-order valence-corrected chi connectivity index (χ1v) is 7.50. The number of aromatic hydroxyl groups is 1. The summed E-state index contributed by atoms with van der Waals surface area (Å²) < 4.78 is 1.17. The molecule has 2 aromatic heterocycles. The topological polar surface area (TPSA) is 104 Å². The van der Waals surface area contributed by atoms with Gasteiger partial charge in [-0.3, -0.25) is 9.78 Å². The van der Waals surface area contributed by atoms with Crippen LogP contribution < -0.4 is 5.56 Å². The number of nitrogens with one attached hydrogen (secondary N) is 1. The van der Waals surface area contributed by atoms with Gasteiger partial charge in [0.15, 0.2) is 0 Å². The van der Waals surface area contributed by atoms with Crippen molar-refractivity contribution in [3.8, 4) is 5.75 Å². The van der Waals surface area contributed by atoms with Crippen LogP contribution in [-0.2, 0) is 6.61 Å². The van der Waals surface area contributed by atoms with Crippen LogP contribution >= 0.6 is 12.2 Å². The zero-order valence-corrected chi connectivity index (χ0v) is 13.5. The van der Waals surface area contributed by atoms with E-state index in [1.165, 1.54) is 12.4 Å². The molecule has 0 aliphatic heterocycles. The Morgan fingerprint density at radius 3 is 2.92 bits per heavy atom. The Bertz CT molecular complexity index is 1070. The predicted octanol–water partition coefficient (Wildman–Crippen LogP) is 1.84. The molecule has 3 rings (SSSR count). The number of nitrogens with zero attached hydrogens (tertiary/aromatic N) is 3. The molecular formula is C16H14N4O3S. The van der Waals surface area contributed by atoms with E-state index in [2.05, 4.69) is 15.1 Å². The van der Waals surface area contributed by atoms with Gasteiger partial charge in [0.1, 0.15) is 5.75 Å². The maximum absolute atomic E-state index is 12.5. The zero-order chi connectivity index (χ0) is 17.3. The van der Waals surface area contributed by atoms with Gasteiger partial charge in [-0.15, -0.1) is 0 Å². The lowest BCUT2D eigenvalue weighted by atomic mass is 10.1. The Hall–Kier alpha value is -2.84. The summed E-state index contributed by atoms with van der Waals surface area (Å²) in [4.78, 5) is 19.4. The van der Waals surface area contributed by atoms with E-state index in [0.29, 0.717) is 27.7 Å². The molecule has 8 heteroatoms. The average Bonchev–Trinajstić information content (AvgIpc) is 2.58. The molecule has 0 spiro atoms. The highest BCUT2D eigenvalue weighted by Gasteiger charge is 2.10. The van der Waals surface area contributed by atoms with E-state index in [0.717, 1.165) is 4.68 Å². The summed E-state index contributed by atoms with van der Waals surface area (Å²) in [5, 5.41) is 24.0. The molecule has 0 radical (unpaired) electrons. The lowest BCUT2D eigenvalue weighted by molar-refractivity contribution is 0.280. The first-order chi connectivity index (χ1) is 11.5. The molecule has 2 heterocycles. The monoisotopic (exact) mass is 342 g/mol. The van der Waals surface area contributed by atoms with Crippen LogP contribution in [0.25, 0.3) is 10.9 Å². The molecule has 3 aromatic rings. The van der Waals surface area contributed by atoms with Crippen LogP contribution in [0.15, 0.2) is 40.4 Å². The first-order valence-electron chi connectivity index (χ1n) is 7.09. The lowest BCUT2D eigenvalue weighted by Crippen LogP contribution is -2.18. The Morgan fingerprint density at radius 2 is 2.17 bits per heavy atom. The minimum absolute atomic E-state index is 0.103.